The number of hydrogen-bond acceptors (Lipinski definition) is 2. The molecule has 9 heavy (non-hydrogen) atoms. The summed E-state index contributed by atoms with van der Waals surface area (Å²) in [5, 5.41) is 0. The van der Waals surface area contributed by atoms with Gasteiger partial charge in [-0.2, -0.15) is 0 Å². The van der Waals surface area contributed by atoms with Crippen LogP contribution in [-0.4, -0.2) is 9.24 Å². The van der Waals surface area contributed by atoms with Crippen molar-refractivity contribution in [3.05, 3.63) is 22.4 Å². The van der Waals surface area contributed by atoms with Crippen LogP contribution in [0.1, 0.15) is 5.69 Å². The van der Waals surface area contributed by atoms with Crippen LogP contribution < -0.4 is 11.5 Å². The van der Waals surface area contributed by atoms with Crippen LogP contribution in [0.5, 0.6) is 0 Å². The zero-order chi connectivity index (χ0) is 7.02. The minimum Gasteiger partial charge on any atom is -0.335 e. The van der Waals surface area contributed by atoms with E-state index in [2.05, 4.69) is 0 Å². The molecule has 0 atom stereocenters. The third kappa shape index (κ3) is 0.718. The second-order valence-corrected chi connectivity index (χ2v) is 2.02. The molecule has 0 amide bonds. The van der Waals surface area contributed by atoms with Gasteiger partial charge in [0.05, 0.1) is 6.20 Å². The molecule has 0 saturated heterocycles. The molecular formula is C5H9N3O. The average Bonchev–Trinajstić information content (AvgIpc) is 1.98. The summed E-state index contributed by atoms with van der Waals surface area (Å²) in [6.07, 6.45) is 1.59. The van der Waals surface area contributed by atoms with Gasteiger partial charge in [0.15, 0.2) is 0 Å². The van der Waals surface area contributed by atoms with E-state index < -0.39 is 0 Å². The normalized spacial score (nSPS) is 10.0. The van der Waals surface area contributed by atoms with Crippen LogP contribution in [0.25, 0.3) is 0 Å². The number of imidazole rings is 1. The summed E-state index contributed by atoms with van der Waals surface area (Å²) in [6.45, 7) is 1.82. The first kappa shape index (κ1) is 5.94. The minimum absolute atomic E-state index is 0.187. The van der Waals surface area contributed by atoms with Crippen LogP contribution in [0.4, 0.5) is 0 Å². The van der Waals surface area contributed by atoms with E-state index in [4.69, 9.17) is 5.84 Å². The van der Waals surface area contributed by atoms with E-state index in [1.54, 1.807) is 13.2 Å². The Labute approximate surface area is 52.5 Å². The highest BCUT2D eigenvalue weighted by Gasteiger charge is 1.97. The van der Waals surface area contributed by atoms with E-state index in [9.17, 15) is 4.79 Å². The van der Waals surface area contributed by atoms with Crippen molar-refractivity contribution in [2.24, 2.45) is 7.05 Å². The lowest BCUT2D eigenvalue weighted by Crippen LogP contribution is -2.27. The molecule has 1 aromatic rings. The molecule has 1 heterocycles. The van der Waals surface area contributed by atoms with Crippen LogP contribution in [-0.2, 0) is 7.05 Å². The Kier molecular flexibility index (Phi) is 1.09. The summed E-state index contributed by atoms with van der Waals surface area (Å²) in [5.41, 5.74) is 0.676. The molecule has 0 aromatic carbocycles. The van der Waals surface area contributed by atoms with Crippen molar-refractivity contribution < 1.29 is 0 Å². The van der Waals surface area contributed by atoms with Gasteiger partial charge < -0.3 is 5.84 Å². The van der Waals surface area contributed by atoms with Gasteiger partial charge in [0, 0.05) is 12.7 Å². The number of aryl methyl sites for hydroxylation is 1. The van der Waals surface area contributed by atoms with Crippen molar-refractivity contribution in [1.82, 2.24) is 9.24 Å². The summed E-state index contributed by atoms with van der Waals surface area (Å²) in [5.74, 6) is 5.22. The zero-order valence-electron chi connectivity index (χ0n) is 5.46. The molecule has 0 aliphatic heterocycles. The van der Waals surface area contributed by atoms with Gasteiger partial charge in [-0.25, -0.2) is 9.47 Å². The van der Waals surface area contributed by atoms with Gasteiger partial charge >= 0.3 is 5.69 Å². The highest BCUT2D eigenvalue weighted by atomic mass is 16.2. The molecule has 2 N–H and O–H groups in total. The molecule has 0 fully saturated rings. The Balaban J connectivity index is 3.48. The van der Waals surface area contributed by atoms with Crippen molar-refractivity contribution in [1.29, 1.82) is 0 Å². The van der Waals surface area contributed by atoms with Crippen LogP contribution in [0, 0.1) is 6.92 Å². The summed E-state index contributed by atoms with van der Waals surface area (Å²) in [7, 11) is 1.68. The number of nitrogens with zero attached hydrogens (tertiary/aromatic N) is 2. The summed E-state index contributed by atoms with van der Waals surface area (Å²) in [6, 6.07) is 0. The first-order valence-corrected chi connectivity index (χ1v) is 2.63. The molecule has 0 spiro atoms. The lowest BCUT2D eigenvalue weighted by atomic mass is 10.5. The zero-order valence-corrected chi connectivity index (χ0v) is 5.46. The molecule has 0 saturated carbocycles. The van der Waals surface area contributed by atoms with Crippen molar-refractivity contribution in [3.8, 4) is 0 Å². The number of nitrogens with two attached hydrogens (primary N) is 1. The van der Waals surface area contributed by atoms with Crippen LogP contribution >= 0.6 is 0 Å². The van der Waals surface area contributed by atoms with Crippen LogP contribution in [0.3, 0.4) is 0 Å². The fraction of sp³-hybridized carbons (Fsp3) is 0.400. The maximum absolute atomic E-state index is 10.8. The Morgan fingerprint density at radius 1 is 1.67 bits per heavy atom. The predicted molar refractivity (Wildman–Crippen MR) is 34.6 cm³/mol. The largest absolute Gasteiger partial charge is 0.346 e. The molecule has 0 aliphatic carbocycles. The maximum atomic E-state index is 10.8. The Hall–Kier alpha value is -1.19. The van der Waals surface area contributed by atoms with E-state index in [-0.39, 0.29) is 5.69 Å². The minimum atomic E-state index is -0.187. The van der Waals surface area contributed by atoms with Crippen LogP contribution in [0.2, 0.25) is 0 Å². The first-order valence-electron chi connectivity index (χ1n) is 2.63. The number of rotatable bonds is 0. The fourth-order valence-electron chi connectivity index (χ4n) is 0.667. The Morgan fingerprint density at radius 3 is 2.33 bits per heavy atom. The second kappa shape index (κ2) is 1.65. The van der Waals surface area contributed by atoms with E-state index in [0.29, 0.717) is 0 Å². The molecule has 1 rings (SSSR count). The smallest absolute Gasteiger partial charge is 0.335 e. The number of aromatic nitrogens is 2. The average molecular weight is 127 g/mol. The van der Waals surface area contributed by atoms with Gasteiger partial charge in [0.2, 0.25) is 0 Å². The van der Waals surface area contributed by atoms with Gasteiger partial charge in [-0.05, 0) is 6.92 Å². The lowest BCUT2D eigenvalue weighted by Gasteiger charge is -1.86. The van der Waals surface area contributed by atoms with E-state index >= 15 is 0 Å². The van der Waals surface area contributed by atoms with E-state index in [1.165, 1.54) is 4.57 Å². The van der Waals surface area contributed by atoms with Crippen molar-refractivity contribution in [3.63, 3.8) is 0 Å². The Morgan fingerprint density at radius 2 is 2.22 bits per heavy atom. The van der Waals surface area contributed by atoms with Gasteiger partial charge in [-0.1, -0.05) is 0 Å². The summed E-state index contributed by atoms with van der Waals surface area (Å²) >= 11 is 0. The number of nitrogen functional groups attached to an aromatic ring is 1. The molecular weight excluding hydrogens is 118 g/mol. The van der Waals surface area contributed by atoms with Gasteiger partial charge in [-0.15, -0.1) is 0 Å². The summed E-state index contributed by atoms with van der Waals surface area (Å²) < 4.78 is 2.55. The molecule has 0 aliphatic rings. The standard InChI is InChI=1S/C5H9N3O/c1-4-3-8(6)5(9)7(4)2/h3H,6H2,1-2H3. The molecule has 1 aromatic heterocycles. The Bertz CT molecular complexity index is 270. The molecule has 4 nitrogen and oxygen atoms in total. The molecule has 0 unspecified atom stereocenters. The molecule has 0 bridgehead atoms. The quantitative estimate of drug-likeness (QED) is 0.464. The van der Waals surface area contributed by atoms with Crippen molar-refractivity contribution in [2.75, 3.05) is 5.84 Å². The predicted octanol–water partition coefficient (Wildman–Crippen LogP) is -0.791. The molecule has 4 heteroatoms. The summed E-state index contributed by atoms with van der Waals surface area (Å²) in [4.78, 5) is 10.8. The maximum Gasteiger partial charge on any atom is 0.346 e. The fourth-order valence-corrected chi connectivity index (χ4v) is 0.667. The van der Waals surface area contributed by atoms with Gasteiger partial charge in [0.25, 0.3) is 0 Å². The van der Waals surface area contributed by atoms with Gasteiger partial charge in [-0.3, -0.25) is 4.57 Å². The third-order valence-corrected chi connectivity index (χ3v) is 1.36. The van der Waals surface area contributed by atoms with E-state index in [1.807, 2.05) is 6.92 Å². The lowest BCUT2D eigenvalue weighted by molar-refractivity contribution is 0.790. The highest BCUT2D eigenvalue weighted by Crippen LogP contribution is 1.86. The number of hydrogen-bond donors (Lipinski definition) is 1. The first-order chi connectivity index (χ1) is 4.13. The molecule has 50 valence electrons. The monoisotopic (exact) mass is 127 g/mol. The highest BCUT2D eigenvalue weighted by molar-refractivity contribution is 4.95. The second-order valence-electron chi connectivity index (χ2n) is 2.02. The SMILES string of the molecule is Cc1cn(N)c(=O)n1C. The topological polar surface area (TPSA) is 52.9 Å². The van der Waals surface area contributed by atoms with Crippen molar-refractivity contribution in [2.45, 2.75) is 6.92 Å². The third-order valence-electron chi connectivity index (χ3n) is 1.36. The molecule has 0 radical (unpaired) electrons. The van der Waals surface area contributed by atoms with E-state index in [0.717, 1.165) is 10.4 Å². The van der Waals surface area contributed by atoms with Crippen molar-refractivity contribution >= 4 is 0 Å². The van der Waals surface area contributed by atoms with Gasteiger partial charge in [0.1, 0.15) is 0 Å². The van der Waals surface area contributed by atoms with Crippen LogP contribution in [0.15, 0.2) is 11.0 Å².